The molecule has 0 N–H and O–H groups in total. The molecule has 186 valence electrons. The van der Waals surface area contributed by atoms with Crippen molar-refractivity contribution < 1.29 is 33.6 Å². The van der Waals surface area contributed by atoms with Crippen LogP contribution in [0, 0.1) is 10.2 Å². The van der Waals surface area contributed by atoms with Gasteiger partial charge in [-0.2, -0.15) is 0 Å². The van der Waals surface area contributed by atoms with Gasteiger partial charge in [-0.3, -0.25) is 0 Å². The van der Waals surface area contributed by atoms with Crippen LogP contribution in [0.2, 0.25) is 0 Å². The van der Waals surface area contributed by atoms with Crippen LogP contribution in [-0.2, 0) is 0 Å². The Kier molecular flexibility index (Phi) is 7.78. The summed E-state index contributed by atoms with van der Waals surface area (Å²) in [5.41, 5.74) is 6.01. The number of rotatable bonds is 2. The molecule has 0 saturated carbocycles. The number of nitrogens with zero attached hydrogens (tertiary/aromatic N) is 2. The molecule has 0 radical (unpaired) electrons. The standard InChI is InChI=1S/C28H21N2S2.ClHO4/c1-3-9-20(10-4-1)24-19-25(21-11-5-2-6-12-21)30(29-24)23-17-15-22(16-18-23)28-31-26-13-7-8-14-27(26)32-28;2-1(3,4)5/h1-18,25H,19H2;(H,2,3,4,5)/q+1;/p-1. The van der Waals surface area contributed by atoms with E-state index in [1.807, 2.05) is 23.5 Å². The molecule has 0 amide bonds. The van der Waals surface area contributed by atoms with Crippen LogP contribution in [0.3, 0.4) is 0 Å². The van der Waals surface area contributed by atoms with Gasteiger partial charge in [-0.25, -0.2) is 18.6 Å². The normalized spacial score (nSPS) is 18.5. The number of allylic oxidation sites excluding steroid dienone is 5. The van der Waals surface area contributed by atoms with E-state index < -0.39 is 10.2 Å². The Hall–Kier alpha value is -2.95. The van der Waals surface area contributed by atoms with Gasteiger partial charge in [-0.15, -0.1) is 10.2 Å². The third-order valence-corrected chi connectivity index (χ3v) is 8.45. The van der Waals surface area contributed by atoms with E-state index in [9.17, 15) is 0 Å². The lowest BCUT2D eigenvalue weighted by atomic mass is 9.98. The van der Waals surface area contributed by atoms with Crippen molar-refractivity contribution in [3.63, 3.8) is 0 Å². The van der Waals surface area contributed by atoms with Crippen LogP contribution in [0.1, 0.15) is 23.6 Å². The number of hydrogen-bond acceptors (Lipinski definition) is 7. The lowest BCUT2D eigenvalue weighted by molar-refractivity contribution is -2.00. The minimum atomic E-state index is -4.94. The summed E-state index contributed by atoms with van der Waals surface area (Å²) in [7, 11) is -4.94. The van der Waals surface area contributed by atoms with Gasteiger partial charge >= 0.3 is 0 Å². The van der Waals surface area contributed by atoms with Crippen molar-refractivity contribution in [1.29, 1.82) is 0 Å². The molecule has 0 bridgehead atoms. The second-order valence-electron chi connectivity index (χ2n) is 8.25. The van der Waals surface area contributed by atoms with Crippen molar-refractivity contribution in [1.82, 2.24) is 0 Å². The SMILES string of the molecule is C1=CC(=[N+]2N=C(c3ccccc3)CC2c2ccccc2)C=CC1=C1Sc2ccccc2S1.[O-][Cl+3]([O-])([O-])[O-]. The summed E-state index contributed by atoms with van der Waals surface area (Å²) in [6, 6.07) is 30.0. The van der Waals surface area contributed by atoms with Gasteiger partial charge in [0.15, 0.2) is 0 Å². The van der Waals surface area contributed by atoms with E-state index in [1.165, 1.54) is 30.7 Å². The van der Waals surface area contributed by atoms with Crippen molar-refractivity contribution in [3.05, 3.63) is 130 Å². The first kappa shape index (κ1) is 25.7. The van der Waals surface area contributed by atoms with Crippen molar-refractivity contribution >= 4 is 34.9 Å². The predicted molar refractivity (Wildman–Crippen MR) is 136 cm³/mol. The highest BCUT2D eigenvalue weighted by Gasteiger charge is 2.36. The van der Waals surface area contributed by atoms with E-state index in [-0.39, 0.29) is 6.04 Å². The Labute approximate surface area is 225 Å². The maximum atomic E-state index is 8.49. The molecule has 0 saturated heterocycles. The smallest absolute Gasteiger partial charge is 0.222 e. The molecule has 2 heterocycles. The van der Waals surface area contributed by atoms with Gasteiger partial charge in [-0.1, -0.05) is 101 Å². The van der Waals surface area contributed by atoms with E-state index in [4.69, 9.17) is 23.7 Å². The second kappa shape index (κ2) is 11.2. The van der Waals surface area contributed by atoms with Crippen LogP contribution in [0.5, 0.6) is 0 Å². The summed E-state index contributed by atoms with van der Waals surface area (Å²) in [6.45, 7) is 0. The molecule has 1 atom stereocenters. The Bertz CT molecular complexity index is 1390. The highest BCUT2D eigenvalue weighted by atomic mass is 35.7. The molecule has 6 nitrogen and oxygen atoms in total. The lowest BCUT2D eigenvalue weighted by Crippen LogP contribution is -2.68. The highest BCUT2D eigenvalue weighted by molar-refractivity contribution is 8.24. The Morgan fingerprint density at radius 1 is 0.703 bits per heavy atom. The first-order valence-corrected chi connectivity index (χ1v) is 14.2. The van der Waals surface area contributed by atoms with Gasteiger partial charge in [0.2, 0.25) is 11.8 Å². The molecule has 0 aromatic heterocycles. The predicted octanol–water partition coefficient (Wildman–Crippen LogP) is 2.47. The van der Waals surface area contributed by atoms with E-state index in [0.717, 1.165) is 17.8 Å². The number of thioether (sulfide) groups is 2. The Morgan fingerprint density at radius 3 is 1.78 bits per heavy atom. The number of hydrazone groups is 1. The van der Waals surface area contributed by atoms with Gasteiger partial charge in [0.25, 0.3) is 0 Å². The van der Waals surface area contributed by atoms with Crippen molar-refractivity contribution in [2.24, 2.45) is 5.10 Å². The number of hydrogen-bond donors (Lipinski definition) is 0. The number of halogens is 1. The maximum Gasteiger partial charge on any atom is 0.232 e. The van der Waals surface area contributed by atoms with Gasteiger partial charge < -0.3 is 0 Å². The molecule has 1 aliphatic carbocycles. The van der Waals surface area contributed by atoms with E-state index in [1.54, 1.807) is 0 Å². The van der Waals surface area contributed by atoms with Crippen LogP contribution >= 0.6 is 23.5 Å². The summed E-state index contributed by atoms with van der Waals surface area (Å²) >= 11 is 3.72. The van der Waals surface area contributed by atoms with Crippen LogP contribution in [0.4, 0.5) is 0 Å². The summed E-state index contributed by atoms with van der Waals surface area (Å²) < 4.78 is 37.5. The monoisotopic (exact) mass is 548 g/mol. The molecule has 3 aliphatic rings. The number of benzene rings is 3. The van der Waals surface area contributed by atoms with Crippen LogP contribution < -0.4 is 18.6 Å². The van der Waals surface area contributed by atoms with Gasteiger partial charge in [0, 0.05) is 33.1 Å². The van der Waals surface area contributed by atoms with Crippen LogP contribution in [0.25, 0.3) is 0 Å². The molecule has 37 heavy (non-hydrogen) atoms. The summed E-state index contributed by atoms with van der Waals surface area (Å²) in [6.07, 6.45) is 9.77. The van der Waals surface area contributed by atoms with Crippen LogP contribution in [0.15, 0.2) is 134 Å². The lowest BCUT2D eigenvalue weighted by Gasteiger charge is -2.17. The van der Waals surface area contributed by atoms with Gasteiger partial charge in [0.1, 0.15) is 5.71 Å². The maximum absolute atomic E-state index is 8.49. The second-order valence-corrected chi connectivity index (χ2v) is 11.4. The zero-order valence-electron chi connectivity index (χ0n) is 19.4. The summed E-state index contributed by atoms with van der Waals surface area (Å²) in [5, 5.41) is 5.08. The Morgan fingerprint density at radius 2 is 1.22 bits per heavy atom. The molecule has 0 spiro atoms. The minimum Gasteiger partial charge on any atom is -0.222 e. The third kappa shape index (κ3) is 6.49. The van der Waals surface area contributed by atoms with Crippen molar-refractivity contribution in [2.75, 3.05) is 0 Å². The zero-order valence-corrected chi connectivity index (χ0v) is 21.8. The first-order valence-electron chi connectivity index (χ1n) is 11.4. The molecule has 3 aromatic rings. The highest BCUT2D eigenvalue weighted by Crippen LogP contribution is 2.52. The fraction of sp³-hybridized carbons (Fsp3) is 0.0714. The average molecular weight is 549 g/mol. The molecular weight excluding hydrogens is 528 g/mol. The number of fused-ring (bicyclic) bond motifs is 1. The zero-order chi connectivity index (χ0) is 25.8. The molecule has 1 unspecified atom stereocenters. The minimum absolute atomic E-state index is 0.199. The largest absolute Gasteiger partial charge is 0.232 e. The summed E-state index contributed by atoms with van der Waals surface area (Å²) in [4.78, 5) is 2.69. The molecular formula is C28H21ClN2O4S2. The molecule has 2 aliphatic heterocycles. The summed E-state index contributed by atoms with van der Waals surface area (Å²) in [5.74, 6) is 0. The van der Waals surface area contributed by atoms with Crippen LogP contribution in [-0.4, -0.2) is 16.1 Å². The van der Waals surface area contributed by atoms with E-state index in [0.29, 0.717) is 0 Å². The Balaban J connectivity index is 0.000000514. The average Bonchev–Trinajstić information content (AvgIpc) is 3.54. The van der Waals surface area contributed by atoms with E-state index >= 15 is 0 Å². The van der Waals surface area contributed by atoms with E-state index in [2.05, 4.69) is 114 Å². The van der Waals surface area contributed by atoms with Gasteiger partial charge in [-0.05, 0) is 35.0 Å². The first-order chi connectivity index (χ1) is 17.8. The fourth-order valence-electron chi connectivity index (χ4n) is 4.20. The molecule has 6 rings (SSSR count). The van der Waals surface area contributed by atoms with Crippen molar-refractivity contribution in [3.8, 4) is 0 Å². The molecule has 0 fully saturated rings. The fourth-order valence-corrected chi connectivity index (χ4v) is 6.69. The quantitative estimate of drug-likeness (QED) is 0.455. The van der Waals surface area contributed by atoms with Crippen molar-refractivity contribution in [2.45, 2.75) is 22.3 Å². The van der Waals surface area contributed by atoms with Gasteiger partial charge in [0.05, 0.1) is 10.7 Å². The molecule has 3 aromatic carbocycles. The molecule has 9 heteroatoms. The topological polar surface area (TPSA) is 108 Å². The third-order valence-electron chi connectivity index (χ3n) is 5.82.